The molecule has 0 saturated heterocycles. The molecule has 1 aromatic carbocycles. The van der Waals surface area contributed by atoms with Crippen LogP contribution >= 0.6 is 0 Å². The van der Waals surface area contributed by atoms with Crippen LogP contribution in [0, 0.1) is 5.92 Å². The van der Waals surface area contributed by atoms with Crippen molar-refractivity contribution in [3.8, 4) is 0 Å². The molecule has 8 heteroatoms. The first-order valence-corrected chi connectivity index (χ1v) is 7.43. The molecule has 1 N–H and O–H groups in total. The molecule has 0 saturated carbocycles. The lowest BCUT2D eigenvalue weighted by Crippen LogP contribution is -2.34. The monoisotopic (exact) mass is 341 g/mol. The van der Waals surface area contributed by atoms with Crippen LogP contribution in [0.25, 0.3) is 0 Å². The number of hydrogen-bond acceptors (Lipinski definition) is 3. The molecule has 2 rings (SSSR count). The lowest BCUT2D eigenvalue weighted by molar-refractivity contribution is -0.137. The molecule has 0 fully saturated rings. The fraction of sp³-hybridized carbons (Fsp3) is 0.438. The molecule has 0 aliphatic carbocycles. The van der Waals surface area contributed by atoms with Gasteiger partial charge in [0.05, 0.1) is 24.2 Å². The van der Waals surface area contributed by atoms with Gasteiger partial charge in [-0.3, -0.25) is 9.59 Å². The van der Waals surface area contributed by atoms with Gasteiger partial charge in [0.15, 0.2) is 0 Å². The van der Waals surface area contributed by atoms with Gasteiger partial charge in [0.25, 0.3) is 0 Å². The predicted molar refractivity (Wildman–Crippen MR) is 82.1 cm³/mol. The largest absolute Gasteiger partial charge is 0.416 e. The zero-order valence-corrected chi connectivity index (χ0v) is 13.4. The van der Waals surface area contributed by atoms with Gasteiger partial charge in [0.1, 0.15) is 0 Å². The Kier molecular flexibility index (Phi) is 5.26. The zero-order valence-electron chi connectivity index (χ0n) is 13.4. The van der Waals surface area contributed by atoms with Crippen LogP contribution in [0.1, 0.15) is 24.5 Å². The molecule has 1 heterocycles. The van der Waals surface area contributed by atoms with Crippen molar-refractivity contribution in [1.82, 2.24) is 10.3 Å². The summed E-state index contributed by atoms with van der Waals surface area (Å²) in [6, 6.07) is 4.77. The van der Waals surface area contributed by atoms with Crippen LogP contribution in [0.4, 0.5) is 13.2 Å². The van der Waals surface area contributed by atoms with Crippen LogP contribution in [0.15, 0.2) is 29.4 Å². The van der Waals surface area contributed by atoms with Crippen molar-refractivity contribution < 1.29 is 22.8 Å². The van der Waals surface area contributed by atoms with Crippen LogP contribution in [-0.2, 0) is 22.2 Å². The molecule has 0 radical (unpaired) electrons. The van der Waals surface area contributed by atoms with Gasteiger partial charge >= 0.3 is 6.18 Å². The van der Waals surface area contributed by atoms with Crippen molar-refractivity contribution in [2.45, 2.75) is 25.9 Å². The number of carbonyl (C=O) groups is 2. The fourth-order valence-corrected chi connectivity index (χ4v) is 2.33. The van der Waals surface area contributed by atoms with E-state index in [1.54, 1.807) is 14.0 Å². The topological polar surface area (TPSA) is 61.8 Å². The maximum atomic E-state index is 12.5. The van der Waals surface area contributed by atoms with E-state index < -0.39 is 17.7 Å². The minimum Gasteiger partial charge on any atom is -0.350 e. The van der Waals surface area contributed by atoms with Gasteiger partial charge in [0.2, 0.25) is 11.8 Å². The van der Waals surface area contributed by atoms with E-state index in [2.05, 4.69) is 10.4 Å². The minimum absolute atomic E-state index is 0.128. The van der Waals surface area contributed by atoms with Gasteiger partial charge in [0, 0.05) is 13.0 Å². The number of carbonyl (C=O) groups excluding carboxylic acids is 2. The molecular weight excluding hydrogens is 323 g/mol. The number of alkyl halides is 3. The van der Waals surface area contributed by atoms with Gasteiger partial charge in [-0.1, -0.05) is 19.1 Å². The summed E-state index contributed by atoms with van der Waals surface area (Å²) in [6.45, 7) is 1.88. The SMILES string of the molecule is CC(Cc1ccc(C(F)(F)F)cc1)C(=O)NCC1=NN(C)C(=O)C1. The van der Waals surface area contributed by atoms with E-state index in [9.17, 15) is 22.8 Å². The van der Waals surface area contributed by atoms with E-state index in [4.69, 9.17) is 0 Å². The summed E-state index contributed by atoms with van der Waals surface area (Å²) in [5.41, 5.74) is 0.521. The molecule has 1 aliphatic rings. The first-order valence-electron chi connectivity index (χ1n) is 7.43. The van der Waals surface area contributed by atoms with E-state index in [-0.39, 0.29) is 24.8 Å². The number of hydrogen-bond donors (Lipinski definition) is 1. The molecule has 130 valence electrons. The van der Waals surface area contributed by atoms with Crippen molar-refractivity contribution in [1.29, 1.82) is 0 Å². The van der Waals surface area contributed by atoms with Gasteiger partial charge in [-0.2, -0.15) is 18.3 Å². The van der Waals surface area contributed by atoms with Gasteiger partial charge in [-0.05, 0) is 24.1 Å². The standard InChI is InChI=1S/C16H18F3N3O2/c1-10(7-11-3-5-12(6-4-11)16(17,18)19)15(24)20-9-13-8-14(23)22(2)21-13/h3-6,10H,7-9H2,1-2H3,(H,20,24). The molecular formula is C16H18F3N3O2. The molecule has 0 aromatic heterocycles. The first kappa shape index (κ1) is 18.0. The fourth-order valence-electron chi connectivity index (χ4n) is 2.33. The number of amides is 2. The third kappa shape index (κ3) is 4.56. The number of rotatable bonds is 5. The van der Waals surface area contributed by atoms with E-state index in [0.29, 0.717) is 17.7 Å². The second-order valence-electron chi connectivity index (χ2n) is 5.78. The molecule has 1 aliphatic heterocycles. The average Bonchev–Trinajstić information content (AvgIpc) is 2.83. The normalized spacial score (nSPS) is 16.1. The summed E-state index contributed by atoms with van der Waals surface area (Å²) in [4.78, 5) is 23.4. The Morgan fingerprint density at radius 2 is 1.96 bits per heavy atom. The third-order valence-electron chi connectivity index (χ3n) is 3.75. The van der Waals surface area contributed by atoms with Gasteiger partial charge in [-0.25, -0.2) is 5.01 Å². The van der Waals surface area contributed by atoms with Crippen LogP contribution < -0.4 is 5.32 Å². The zero-order chi connectivity index (χ0) is 17.9. The van der Waals surface area contributed by atoms with Gasteiger partial charge < -0.3 is 5.32 Å². The van der Waals surface area contributed by atoms with E-state index >= 15 is 0 Å². The predicted octanol–water partition coefficient (Wildman–Crippen LogP) is 2.22. The van der Waals surface area contributed by atoms with Crippen molar-refractivity contribution in [2.75, 3.05) is 13.6 Å². The van der Waals surface area contributed by atoms with Crippen molar-refractivity contribution in [3.05, 3.63) is 35.4 Å². The summed E-state index contributed by atoms with van der Waals surface area (Å²) in [5.74, 6) is -0.770. The highest BCUT2D eigenvalue weighted by atomic mass is 19.4. The van der Waals surface area contributed by atoms with E-state index in [1.165, 1.54) is 17.1 Å². The smallest absolute Gasteiger partial charge is 0.350 e. The number of nitrogens with one attached hydrogen (secondary N) is 1. The lowest BCUT2D eigenvalue weighted by Gasteiger charge is -2.13. The average molecular weight is 341 g/mol. The molecule has 5 nitrogen and oxygen atoms in total. The number of nitrogens with zero attached hydrogens (tertiary/aromatic N) is 2. The summed E-state index contributed by atoms with van der Waals surface area (Å²) >= 11 is 0. The number of benzene rings is 1. The highest BCUT2D eigenvalue weighted by Crippen LogP contribution is 2.29. The molecule has 2 amide bonds. The van der Waals surface area contributed by atoms with Crippen molar-refractivity contribution >= 4 is 17.5 Å². The Labute approximate surface area is 137 Å². The molecule has 1 aromatic rings. The highest BCUT2D eigenvalue weighted by molar-refractivity contribution is 6.06. The maximum Gasteiger partial charge on any atom is 0.416 e. The summed E-state index contributed by atoms with van der Waals surface area (Å²) < 4.78 is 37.5. The first-order chi connectivity index (χ1) is 11.2. The van der Waals surface area contributed by atoms with Crippen LogP contribution in [0.3, 0.4) is 0 Å². The Morgan fingerprint density at radius 1 is 1.33 bits per heavy atom. The second kappa shape index (κ2) is 7.02. The number of hydrazone groups is 1. The summed E-state index contributed by atoms with van der Waals surface area (Å²) in [6.07, 6.45) is -3.85. The molecule has 0 bridgehead atoms. The molecule has 1 unspecified atom stereocenters. The molecule has 1 atom stereocenters. The Bertz CT molecular complexity index is 654. The molecule has 0 spiro atoms. The minimum atomic E-state index is -4.37. The van der Waals surface area contributed by atoms with Crippen LogP contribution in [-0.4, -0.2) is 36.1 Å². The molecule has 24 heavy (non-hydrogen) atoms. The summed E-state index contributed by atoms with van der Waals surface area (Å²) in [7, 11) is 1.55. The van der Waals surface area contributed by atoms with E-state index in [1.807, 2.05) is 0 Å². The highest BCUT2D eigenvalue weighted by Gasteiger charge is 2.30. The lowest BCUT2D eigenvalue weighted by atomic mass is 9.99. The quantitative estimate of drug-likeness (QED) is 0.893. The van der Waals surface area contributed by atoms with Crippen LogP contribution in [0.2, 0.25) is 0 Å². The third-order valence-corrected chi connectivity index (χ3v) is 3.75. The van der Waals surface area contributed by atoms with Gasteiger partial charge in [-0.15, -0.1) is 0 Å². The second-order valence-corrected chi connectivity index (χ2v) is 5.78. The van der Waals surface area contributed by atoms with Crippen molar-refractivity contribution in [2.24, 2.45) is 11.0 Å². The Balaban J connectivity index is 1.85. The number of halogens is 3. The summed E-state index contributed by atoms with van der Waals surface area (Å²) in [5, 5.41) is 7.92. The Hall–Kier alpha value is -2.38. The van der Waals surface area contributed by atoms with Crippen molar-refractivity contribution in [3.63, 3.8) is 0 Å². The van der Waals surface area contributed by atoms with Crippen LogP contribution in [0.5, 0.6) is 0 Å². The maximum absolute atomic E-state index is 12.5. The van der Waals surface area contributed by atoms with E-state index in [0.717, 1.165) is 12.1 Å². The Morgan fingerprint density at radius 3 is 2.46 bits per heavy atom.